The van der Waals surface area contributed by atoms with Gasteiger partial charge in [0.1, 0.15) is 13.2 Å². The van der Waals surface area contributed by atoms with Crippen LogP contribution in [0.5, 0.6) is 11.5 Å². The van der Waals surface area contributed by atoms with E-state index in [-0.39, 0.29) is 5.41 Å². The standard InChI is InChI=1S/C37H54N2O2S/c1-27-15-17-30-31-18-16-29(36-35-34(28(2)42-36)40-23-24-41-35)26-33(31)37(32(30)25-27,19-11-9-13-21-38(3,4)5)20-12-10-14-22-39(6,7)8/h15-18,25-26H,9-14,19-24H2,1-8H3/q+2. The molecular formula is C37H54N2O2S+2. The third-order valence-electron chi connectivity index (χ3n) is 9.21. The molecule has 0 atom stereocenters. The molecule has 0 bridgehead atoms. The molecule has 2 aliphatic rings. The van der Waals surface area contributed by atoms with E-state index in [0.29, 0.717) is 13.2 Å². The molecule has 0 spiro atoms. The summed E-state index contributed by atoms with van der Waals surface area (Å²) in [5.74, 6) is 1.89. The molecule has 2 heterocycles. The molecule has 1 aromatic heterocycles. The second-order valence-electron chi connectivity index (χ2n) is 14.9. The molecule has 42 heavy (non-hydrogen) atoms. The molecular weight excluding hydrogens is 536 g/mol. The third-order valence-corrected chi connectivity index (χ3v) is 10.3. The van der Waals surface area contributed by atoms with Gasteiger partial charge in [0.25, 0.3) is 0 Å². The van der Waals surface area contributed by atoms with Crippen molar-refractivity contribution < 1.29 is 18.4 Å². The Kier molecular flexibility index (Phi) is 9.14. The zero-order chi connectivity index (χ0) is 30.1. The van der Waals surface area contributed by atoms with E-state index in [0.717, 1.165) is 20.5 Å². The fourth-order valence-corrected chi connectivity index (χ4v) is 8.12. The second kappa shape index (κ2) is 12.3. The fraction of sp³-hybridized carbons (Fsp3) is 0.568. The summed E-state index contributed by atoms with van der Waals surface area (Å²) in [7, 11) is 13.9. The molecule has 2 aromatic carbocycles. The van der Waals surface area contributed by atoms with Gasteiger partial charge in [-0.15, -0.1) is 11.3 Å². The van der Waals surface area contributed by atoms with Crippen molar-refractivity contribution in [2.45, 2.75) is 70.6 Å². The van der Waals surface area contributed by atoms with Gasteiger partial charge >= 0.3 is 0 Å². The zero-order valence-corrected chi connectivity index (χ0v) is 28.4. The van der Waals surface area contributed by atoms with Crippen LogP contribution in [0, 0.1) is 13.8 Å². The van der Waals surface area contributed by atoms with Crippen LogP contribution < -0.4 is 9.47 Å². The Balaban J connectivity index is 1.52. The number of thiophene rings is 1. The lowest BCUT2D eigenvalue weighted by Crippen LogP contribution is -2.35. The fourth-order valence-electron chi connectivity index (χ4n) is 7.08. The van der Waals surface area contributed by atoms with Gasteiger partial charge in [0.2, 0.25) is 0 Å². The Morgan fingerprint density at radius 2 is 1.21 bits per heavy atom. The second-order valence-corrected chi connectivity index (χ2v) is 16.1. The Labute approximate surface area is 259 Å². The molecule has 4 nitrogen and oxygen atoms in total. The maximum absolute atomic E-state index is 6.20. The maximum atomic E-state index is 6.20. The van der Waals surface area contributed by atoms with Crippen molar-refractivity contribution in [1.82, 2.24) is 0 Å². The number of unbranched alkanes of at least 4 members (excludes halogenated alkanes) is 4. The van der Waals surface area contributed by atoms with Gasteiger partial charge in [-0.25, -0.2) is 0 Å². The number of rotatable bonds is 13. The van der Waals surface area contributed by atoms with Gasteiger partial charge in [-0.2, -0.15) is 0 Å². The molecule has 0 unspecified atom stereocenters. The first-order valence-corrected chi connectivity index (χ1v) is 17.0. The van der Waals surface area contributed by atoms with E-state index in [4.69, 9.17) is 9.47 Å². The van der Waals surface area contributed by atoms with Crippen LogP contribution in [0.1, 0.15) is 72.9 Å². The minimum absolute atomic E-state index is 0.0591. The number of aryl methyl sites for hydroxylation is 2. The number of ether oxygens (including phenoxy) is 2. The number of hydrogen-bond acceptors (Lipinski definition) is 3. The molecule has 0 radical (unpaired) electrons. The van der Waals surface area contributed by atoms with Crippen LogP contribution >= 0.6 is 11.3 Å². The Morgan fingerprint density at radius 1 is 0.667 bits per heavy atom. The lowest BCUT2D eigenvalue weighted by molar-refractivity contribution is -0.870. The maximum Gasteiger partial charge on any atom is 0.180 e. The lowest BCUT2D eigenvalue weighted by Gasteiger charge is -2.34. The van der Waals surface area contributed by atoms with Gasteiger partial charge in [0.15, 0.2) is 11.5 Å². The zero-order valence-electron chi connectivity index (χ0n) is 27.6. The van der Waals surface area contributed by atoms with Crippen molar-refractivity contribution in [3.63, 3.8) is 0 Å². The molecule has 3 aromatic rings. The van der Waals surface area contributed by atoms with Gasteiger partial charge in [0.05, 0.1) is 60.3 Å². The summed E-state index contributed by atoms with van der Waals surface area (Å²) in [6, 6.07) is 14.5. The largest absolute Gasteiger partial charge is 0.485 e. The van der Waals surface area contributed by atoms with E-state index in [1.807, 2.05) is 11.3 Å². The predicted octanol–water partition coefficient (Wildman–Crippen LogP) is 8.60. The Bertz CT molecular complexity index is 1370. The Hall–Kier alpha value is -2.34. The third kappa shape index (κ3) is 6.74. The lowest BCUT2D eigenvalue weighted by atomic mass is 9.70. The van der Waals surface area contributed by atoms with Gasteiger partial charge in [-0.1, -0.05) is 48.7 Å². The van der Waals surface area contributed by atoms with E-state index in [1.165, 1.54) is 102 Å². The summed E-state index contributed by atoms with van der Waals surface area (Å²) >= 11 is 1.82. The van der Waals surface area contributed by atoms with Crippen molar-refractivity contribution in [3.05, 3.63) is 58.0 Å². The summed E-state index contributed by atoms with van der Waals surface area (Å²) in [5.41, 5.74) is 8.69. The molecule has 5 heteroatoms. The van der Waals surface area contributed by atoms with Crippen LogP contribution in [0.15, 0.2) is 36.4 Å². The minimum atomic E-state index is 0.0591. The van der Waals surface area contributed by atoms with Crippen molar-refractivity contribution in [2.24, 2.45) is 0 Å². The van der Waals surface area contributed by atoms with Crippen LogP contribution in [0.25, 0.3) is 21.6 Å². The van der Waals surface area contributed by atoms with Crippen LogP contribution in [-0.2, 0) is 5.41 Å². The highest BCUT2D eigenvalue weighted by atomic mass is 32.1. The van der Waals surface area contributed by atoms with E-state index in [2.05, 4.69) is 92.5 Å². The SMILES string of the molecule is Cc1ccc2c(c1)C(CCCCC[N+](C)(C)C)(CCCCC[N+](C)(C)C)c1cc(-c3sc(C)c4c3OCCO4)ccc1-2. The highest BCUT2D eigenvalue weighted by molar-refractivity contribution is 7.16. The normalized spacial score (nSPS) is 15.5. The van der Waals surface area contributed by atoms with Gasteiger partial charge in [0, 0.05) is 10.3 Å². The number of quaternary nitrogens is 2. The first-order chi connectivity index (χ1) is 19.9. The number of benzene rings is 2. The highest BCUT2D eigenvalue weighted by Crippen LogP contribution is 2.56. The monoisotopic (exact) mass is 590 g/mol. The van der Waals surface area contributed by atoms with Crippen LogP contribution in [0.2, 0.25) is 0 Å². The molecule has 0 fully saturated rings. The van der Waals surface area contributed by atoms with Gasteiger partial charge in [-0.05, 0) is 86.3 Å². The quantitative estimate of drug-likeness (QED) is 0.147. The van der Waals surface area contributed by atoms with Gasteiger partial charge < -0.3 is 18.4 Å². The minimum Gasteiger partial charge on any atom is -0.485 e. The summed E-state index contributed by atoms with van der Waals surface area (Å²) in [4.78, 5) is 2.43. The van der Waals surface area contributed by atoms with Crippen molar-refractivity contribution in [3.8, 4) is 33.1 Å². The first kappa shape index (κ1) is 31.1. The van der Waals surface area contributed by atoms with E-state index in [1.54, 1.807) is 5.56 Å². The average Bonchev–Trinajstić information content (AvgIpc) is 3.39. The van der Waals surface area contributed by atoms with Crippen molar-refractivity contribution in [1.29, 1.82) is 0 Å². The summed E-state index contributed by atoms with van der Waals surface area (Å²) < 4.78 is 14.3. The molecule has 0 saturated heterocycles. The molecule has 228 valence electrons. The van der Waals surface area contributed by atoms with E-state index < -0.39 is 0 Å². The summed E-state index contributed by atoms with van der Waals surface area (Å²) in [6.45, 7) is 8.15. The van der Waals surface area contributed by atoms with Crippen LogP contribution in [0.3, 0.4) is 0 Å². The number of fused-ring (bicyclic) bond motifs is 4. The molecule has 0 N–H and O–H groups in total. The summed E-state index contributed by atoms with van der Waals surface area (Å²) in [6.07, 6.45) is 10.1. The van der Waals surface area contributed by atoms with E-state index in [9.17, 15) is 0 Å². The van der Waals surface area contributed by atoms with Crippen LogP contribution in [0.4, 0.5) is 0 Å². The number of nitrogens with zero attached hydrogens (tertiary/aromatic N) is 2. The molecule has 5 rings (SSSR count). The first-order valence-electron chi connectivity index (χ1n) is 16.1. The smallest absolute Gasteiger partial charge is 0.180 e. The van der Waals surface area contributed by atoms with Gasteiger partial charge in [-0.3, -0.25) is 0 Å². The number of hydrogen-bond donors (Lipinski definition) is 0. The van der Waals surface area contributed by atoms with Crippen LogP contribution in [-0.4, -0.2) is 77.6 Å². The molecule has 0 amide bonds. The molecule has 1 aliphatic heterocycles. The molecule has 0 saturated carbocycles. The Morgan fingerprint density at radius 3 is 1.81 bits per heavy atom. The van der Waals surface area contributed by atoms with Crippen molar-refractivity contribution >= 4 is 11.3 Å². The van der Waals surface area contributed by atoms with Crippen molar-refractivity contribution in [2.75, 3.05) is 68.6 Å². The predicted molar refractivity (Wildman–Crippen MR) is 179 cm³/mol. The molecule has 1 aliphatic carbocycles. The van der Waals surface area contributed by atoms with E-state index >= 15 is 0 Å². The average molecular weight is 591 g/mol. The summed E-state index contributed by atoms with van der Waals surface area (Å²) in [5, 5.41) is 0. The topological polar surface area (TPSA) is 18.5 Å². The highest BCUT2D eigenvalue weighted by Gasteiger charge is 2.42.